The van der Waals surface area contributed by atoms with Crippen LogP contribution in [0.4, 0.5) is 0 Å². The maximum absolute atomic E-state index is 9.62. The second-order valence-electron chi connectivity index (χ2n) is 4.00. The molecule has 0 aliphatic rings. The fourth-order valence-corrected chi connectivity index (χ4v) is 1.43. The summed E-state index contributed by atoms with van der Waals surface area (Å²) >= 11 is 0. The molecule has 0 amide bonds. The van der Waals surface area contributed by atoms with E-state index >= 15 is 0 Å². The highest BCUT2D eigenvalue weighted by Crippen LogP contribution is 2.20. The van der Waals surface area contributed by atoms with E-state index in [0.717, 1.165) is 12.8 Å². The second-order valence-corrected chi connectivity index (χ2v) is 4.00. The van der Waals surface area contributed by atoms with Gasteiger partial charge in [0, 0.05) is 11.6 Å². The van der Waals surface area contributed by atoms with Gasteiger partial charge in [-0.2, -0.15) is 5.06 Å². The zero-order valence-electron chi connectivity index (χ0n) is 8.39. The van der Waals surface area contributed by atoms with Crippen molar-refractivity contribution in [1.29, 1.82) is 0 Å². The number of rotatable bonds is 4. The number of hydroxylamine groups is 2. The molecule has 2 heteroatoms. The molecule has 2 nitrogen and oxygen atoms in total. The van der Waals surface area contributed by atoms with Crippen molar-refractivity contribution in [2.45, 2.75) is 59.0 Å². The summed E-state index contributed by atoms with van der Waals surface area (Å²) in [5, 5.41) is 11.1. The first kappa shape index (κ1) is 10.9. The van der Waals surface area contributed by atoms with E-state index in [1.807, 2.05) is 13.8 Å². The first-order valence-corrected chi connectivity index (χ1v) is 4.40. The Balaban J connectivity index is 4.05. The monoisotopic (exact) mass is 159 g/mol. The van der Waals surface area contributed by atoms with Crippen LogP contribution >= 0.6 is 0 Å². The molecule has 1 N–H and O–H groups in total. The van der Waals surface area contributed by atoms with Crippen LogP contribution in [0.2, 0.25) is 0 Å². The van der Waals surface area contributed by atoms with Crippen LogP contribution in [-0.4, -0.2) is 21.9 Å². The lowest BCUT2D eigenvalue weighted by atomic mass is 9.97. The van der Waals surface area contributed by atoms with Crippen LogP contribution in [0.5, 0.6) is 0 Å². The Hall–Kier alpha value is -0.0800. The lowest BCUT2D eigenvalue weighted by Gasteiger charge is -2.36. The summed E-state index contributed by atoms with van der Waals surface area (Å²) in [5.41, 5.74) is -0.0804. The van der Waals surface area contributed by atoms with Crippen molar-refractivity contribution in [3.8, 4) is 0 Å². The third kappa shape index (κ3) is 3.21. The van der Waals surface area contributed by atoms with Gasteiger partial charge in [-0.25, -0.2) is 0 Å². The number of hydrogen-bond donors (Lipinski definition) is 1. The molecule has 0 bridgehead atoms. The van der Waals surface area contributed by atoms with Crippen LogP contribution in [0.25, 0.3) is 0 Å². The molecule has 0 fully saturated rings. The fourth-order valence-electron chi connectivity index (χ4n) is 1.43. The molecule has 0 atom stereocenters. The van der Waals surface area contributed by atoms with Gasteiger partial charge in [0.05, 0.1) is 0 Å². The first-order valence-electron chi connectivity index (χ1n) is 4.40. The Morgan fingerprint density at radius 3 is 2.09 bits per heavy atom. The molecule has 0 saturated heterocycles. The second kappa shape index (κ2) is 4.07. The van der Waals surface area contributed by atoms with Crippen molar-refractivity contribution in [3.05, 3.63) is 0 Å². The van der Waals surface area contributed by atoms with Crippen LogP contribution < -0.4 is 0 Å². The Kier molecular flexibility index (Phi) is 4.04. The summed E-state index contributed by atoms with van der Waals surface area (Å²) in [6.45, 7) is 10.3. The summed E-state index contributed by atoms with van der Waals surface area (Å²) in [5.74, 6) is 0. The Morgan fingerprint density at radius 2 is 1.82 bits per heavy atom. The molecule has 11 heavy (non-hydrogen) atoms. The molecule has 0 aliphatic carbocycles. The van der Waals surface area contributed by atoms with Gasteiger partial charge in [-0.3, -0.25) is 0 Å². The number of nitrogens with zero attached hydrogens (tertiary/aromatic N) is 1. The number of hydrogen-bond acceptors (Lipinski definition) is 2. The predicted octanol–water partition coefficient (Wildman–Crippen LogP) is 2.66. The van der Waals surface area contributed by atoms with Crippen LogP contribution in [-0.2, 0) is 0 Å². The van der Waals surface area contributed by atoms with Gasteiger partial charge in [0.2, 0.25) is 0 Å². The summed E-state index contributed by atoms with van der Waals surface area (Å²) in [4.78, 5) is 0. The van der Waals surface area contributed by atoms with Crippen LogP contribution in [0, 0.1) is 0 Å². The highest BCUT2D eigenvalue weighted by Gasteiger charge is 2.26. The zero-order valence-corrected chi connectivity index (χ0v) is 8.39. The summed E-state index contributed by atoms with van der Waals surface area (Å²) < 4.78 is 0. The third-order valence-electron chi connectivity index (χ3n) is 1.97. The minimum absolute atomic E-state index is 0.0804. The van der Waals surface area contributed by atoms with Gasteiger partial charge in [0.25, 0.3) is 0 Å². The van der Waals surface area contributed by atoms with E-state index in [9.17, 15) is 5.21 Å². The molecule has 0 aliphatic heterocycles. The summed E-state index contributed by atoms with van der Waals surface area (Å²) in [6, 6.07) is 0.205. The largest absolute Gasteiger partial charge is 0.313 e. The van der Waals surface area contributed by atoms with Crippen molar-refractivity contribution in [2.75, 3.05) is 0 Å². The molecule has 0 heterocycles. The van der Waals surface area contributed by atoms with E-state index in [2.05, 4.69) is 20.8 Å². The van der Waals surface area contributed by atoms with E-state index in [1.54, 1.807) is 0 Å². The first-order chi connectivity index (χ1) is 4.91. The van der Waals surface area contributed by atoms with Gasteiger partial charge in [-0.15, -0.1) is 0 Å². The van der Waals surface area contributed by atoms with Crippen molar-refractivity contribution in [2.24, 2.45) is 0 Å². The lowest BCUT2D eigenvalue weighted by molar-refractivity contribution is -0.186. The Morgan fingerprint density at radius 1 is 1.36 bits per heavy atom. The summed E-state index contributed by atoms with van der Waals surface area (Å²) in [6.07, 6.45) is 2.14. The normalized spacial score (nSPS) is 13.1. The standard InChI is InChI=1S/C9H21NO/c1-6-7-9(4,5)10(11)8(2)3/h8,11H,6-7H2,1-5H3. The molecule has 0 rings (SSSR count). The minimum atomic E-state index is -0.0804. The van der Waals surface area contributed by atoms with Gasteiger partial charge in [-0.05, 0) is 34.1 Å². The quantitative estimate of drug-likeness (QED) is 0.637. The molecule has 0 aromatic carbocycles. The van der Waals surface area contributed by atoms with Crippen molar-refractivity contribution in [3.63, 3.8) is 0 Å². The van der Waals surface area contributed by atoms with Crippen LogP contribution in [0.1, 0.15) is 47.5 Å². The molecular formula is C9H21NO. The molecule has 0 saturated carbocycles. The van der Waals surface area contributed by atoms with Gasteiger partial charge in [0.15, 0.2) is 0 Å². The van der Waals surface area contributed by atoms with Crippen molar-refractivity contribution in [1.82, 2.24) is 5.06 Å². The average molecular weight is 159 g/mol. The van der Waals surface area contributed by atoms with Gasteiger partial charge in [-0.1, -0.05) is 13.3 Å². The van der Waals surface area contributed by atoms with E-state index in [0.29, 0.717) is 0 Å². The topological polar surface area (TPSA) is 23.5 Å². The van der Waals surface area contributed by atoms with Gasteiger partial charge < -0.3 is 5.21 Å². The van der Waals surface area contributed by atoms with Crippen molar-refractivity contribution < 1.29 is 5.21 Å². The van der Waals surface area contributed by atoms with E-state index in [4.69, 9.17) is 0 Å². The maximum Gasteiger partial charge on any atom is 0.0407 e. The molecule has 0 spiro atoms. The van der Waals surface area contributed by atoms with E-state index < -0.39 is 0 Å². The molecule has 68 valence electrons. The Labute approximate surface area is 70.2 Å². The maximum atomic E-state index is 9.62. The fraction of sp³-hybridized carbons (Fsp3) is 1.00. The predicted molar refractivity (Wildman–Crippen MR) is 47.7 cm³/mol. The molecule has 0 aromatic heterocycles. The van der Waals surface area contributed by atoms with Gasteiger partial charge in [0.1, 0.15) is 0 Å². The highest BCUT2D eigenvalue weighted by atomic mass is 16.5. The minimum Gasteiger partial charge on any atom is -0.313 e. The van der Waals surface area contributed by atoms with Crippen LogP contribution in [0.15, 0.2) is 0 Å². The molecule has 0 aromatic rings. The molecule has 0 unspecified atom stereocenters. The lowest BCUT2D eigenvalue weighted by Crippen LogP contribution is -2.45. The van der Waals surface area contributed by atoms with Crippen molar-refractivity contribution >= 4 is 0 Å². The highest BCUT2D eigenvalue weighted by molar-refractivity contribution is 4.77. The summed E-state index contributed by atoms with van der Waals surface area (Å²) in [7, 11) is 0. The van der Waals surface area contributed by atoms with Crippen LogP contribution in [0.3, 0.4) is 0 Å². The molecular weight excluding hydrogens is 138 g/mol. The SMILES string of the molecule is CCCC(C)(C)N(O)C(C)C. The van der Waals surface area contributed by atoms with E-state index in [1.165, 1.54) is 5.06 Å². The smallest absolute Gasteiger partial charge is 0.0407 e. The van der Waals surface area contributed by atoms with Gasteiger partial charge >= 0.3 is 0 Å². The zero-order chi connectivity index (χ0) is 9.07. The Bertz CT molecular complexity index is 110. The average Bonchev–Trinajstić information content (AvgIpc) is 1.86. The third-order valence-corrected chi connectivity index (χ3v) is 1.97. The van der Waals surface area contributed by atoms with E-state index in [-0.39, 0.29) is 11.6 Å². The molecule has 0 radical (unpaired) electrons.